The van der Waals surface area contributed by atoms with Crippen LogP contribution in [-0.2, 0) is 0 Å². The third kappa shape index (κ3) is 5.19. The minimum atomic E-state index is -2.66. The van der Waals surface area contributed by atoms with Crippen LogP contribution in [0.1, 0.15) is 52.4 Å². The number of fused-ring (bicyclic) bond motifs is 1. The van der Waals surface area contributed by atoms with Crippen molar-refractivity contribution >= 4 is 28.2 Å². The van der Waals surface area contributed by atoms with E-state index in [9.17, 15) is 13.9 Å². The fourth-order valence-corrected chi connectivity index (χ4v) is 6.15. The summed E-state index contributed by atoms with van der Waals surface area (Å²) in [6.45, 7) is 6.19. The zero-order valence-electron chi connectivity index (χ0n) is 24.0. The Kier molecular flexibility index (Phi) is 6.41. The van der Waals surface area contributed by atoms with Gasteiger partial charge in [0.1, 0.15) is 5.69 Å². The molecule has 1 saturated carbocycles. The Hall–Kier alpha value is -3.73. The molecular formula is C31H36F2N6O3. The Labute approximate surface area is 242 Å². The molecular weight excluding hydrogens is 542 g/mol. The molecule has 1 spiro atoms. The van der Waals surface area contributed by atoms with Crippen LogP contribution in [0, 0.1) is 5.41 Å². The van der Waals surface area contributed by atoms with Crippen LogP contribution in [0.25, 0.3) is 34.0 Å². The minimum Gasteiger partial charge on any atom is -0.460 e. The van der Waals surface area contributed by atoms with Gasteiger partial charge in [0.05, 0.1) is 29.7 Å². The number of nitrogens with zero attached hydrogens (tertiary/aromatic N) is 5. The Morgan fingerprint density at radius 2 is 1.64 bits per heavy atom. The van der Waals surface area contributed by atoms with E-state index in [1.54, 1.807) is 6.26 Å². The molecule has 1 aliphatic carbocycles. The van der Waals surface area contributed by atoms with E-state index in [1.165, 1.54) is 25.7 Å². The summed E-state index contributed by atoms with van der Waals surface area (Å²) < 4.78 is 39.7. The van der Waals surface area contributed by atoms with Gasteiger partial charge in [0.2, 0.25) is 5.89 Å². The molecule has 0 atom stereocenters. The van der Waals surface area contributed by atoms with Crippen molar-refractivity contribution in [3.63, 3.8) is 0 Å². The minimum absolute atomic E-state index is 0.000804. The number of nitrogens with one attached hydrogen (secondary N) is 1. The summed E-state index contributed by atoms with van der Waals surface area (Å²) in [4.78, 5) is 8.99. The Bertz CT molecular complexity index is 1590. The molecule has 11 heteroatoms. The van der Waals surface area contributed by atoms with Crippen molar-refractivity contribution in [1.82, 2.24) is 15.2 Å². The van der Waals surface area contributed by atoms with Crippen LogP contribution in [0.4, 0.5) is 26.0 Å². The van der Waals surface area contributed by atoms with Crippen LogP contribution in [-0.4, -0.2) is 64.5 Å². The average molecular weight is 579 g/mol. The standard InChI is InChI=1S/C31H36F2N6O3/c1-29(2,19-40)35-21-3-4-22(24(18-21)38-12-8-30(6-7-30)9-13-38)27-36-37-28(42-27)23-17-20-5-16-41-25(20)26(34-23)39-14-10-31(32,33)11-15-39/h3-5,16-18,35,40H,6-15,19H2,1-2H3. The number of halogens is 2. The SMILES string of the molecule is CC(C)(CO)Nc1ccc(-c2nnc(-c3cc4ccoc4c(N4CCC(F)(F)CC4)n3)o2)c(N2CCC3(CC2)CC3)c1. The van der Waals surface area contributed by atoms with E-state index in [1.807, 2.05) is 43.0 Å². The molecule has 0 unspecified atom stereocenters. The van der Waals surface area contributed by atoms with Crippen LogP contribution in [0.15, 0.2) is 45.4 Å². The summed E-state index contributed by atoms with van der Waals surface area (Å²) in [6, 6.07) is 9.69. The normalized spacial score (nSPS) is 19.9. The highest BCUT2D eigenvalue weighted by Gasteiger charge is 2.44. The molecule has 3 aliphatic rings. The molecule has 9 nitrogen and oxygen atoms in total. The van der Waals surface area contributed by atoms with Gasteiger partial charge in [0.15, 0.2) is 11.4 Å². The zero-order chi connectivity index (χ0) is 29.1. The van der Waals surface area contributed by atoms with E-state index in [-0.39, 0.29) is 38.4 Å². The Morgan fingerprint density at radius 3 is 2.36 bits per heavy atom. The van der Waals surface area contributed by atoms with Gasteiger partial charge < -0.3 is 29.1 Å². The van der Waals surface area contributed by atoms with E-state index < -0.39 is 11.5 Å². The number of hydrogen-bond acceptors (Lipinski definition) is 9. The lowest BCUT2D eigenvalue weighted by Crippen LogP contribution is -2.39. The zero-order valence-corrected chi connectivity index (χ0v) is 24.0. The molecule has 0 amide bonds. The maximum Gasteiger partial charge on any atom is 0.266 e. The highest BCUT2D eigenvalue weighted by atomic mass is 19.3. The van der Waals surface area contributed by atoms with E-state index in [0.29, 0.717) is 28.4 Å². The molecule has 4 aromatic rings. The molecule has 0 bridgehead atoms. The van der Waals surface area contributed by atoms with Crippen molar-refractivity contribution in [2.24, 2.45) is 5.41 Å². The lowest BCUT2D eigenvalue weighted by Gasteiger charge is -2.35. The molecule has 2 aliphatic heterocycles. The summed E-state index contributed by atoms with van der Waals surface area (Å²) >= 11 is 0. The Balaban J connectivity index is 1.23. The number of pyridine rings is 1. The molecule has 3 fully saturated rings. The van der Waals surface area contributed by atoms with E-state index in [2.05, 4.69) is 26.5 Å². The maximum absolute atomic E-state index is 13.9. The van der Waals surface area contributed by atoms with Gasteiger partial charge in [-0.3, -0.25) is 0 Å². The third-order valence-corrected chi connectivity index (χ3v) is 9.08. The monoisotopic (exact) mass is 578 g/mol. The van der Waals surface area contributed by atoms with Crippen molar-refractivity contribution in [2.45, 2.75) is 63.8 Å². The van der Waals surface area contributed by atoms with E-state index in [0.717, 1.165) is 35.4 Å². The largest absolute Gasteiger partial charge is 0.460 e. The average Bonchev–Trinajstić information content (AvgIpc) is 3.34. The molecule has 2 N–H and O–H groups in total. The van der Waals surface area contributed by atoms with E-state index >= 15 is 0 Å². The molecule has 222 valence electrons. The molecule has 0 radical (unpaired) electrons. The third-order valence-electron chi connectivity index (χ3n) is 9.08. The number of rotatable bonds is 7. The number of aliphatic hydroxyl groups excluding tert-OH is 1. The fraction of sp³-hybridized carbons (Fsp3) is 0.516. The molecule has 5 heterocycles. The first-order valence-corrected chi connectivity index (χ1v) is 14.8. The van der Waals surface area contributed by atoms with Gasteiger partial charge in [-0.05, 0) is 75.3 Å². The predicted octanol–water partition coefficient (Wildman–Crippen LogP) is 6.34. The summed E-state index contributed by atoms with van der Waals surface area (Å²) in [5.74, 6) is -1.52. The first-order chi connectivity index (χ1) is 20.1. The number of alkyl halides is 2. The van der Waals surface area contributed by atoms with Gasteiger partial charge in [0, 0.05) is 50.1 Å². The first-order valence-electron chi connectivity index (χ1n) is 14.8. The molecule has 1 aromatic carbocycles. The summed E-state index contributed by atoms with van der Waals surface area (Å²) in [7, 11) is 0. The van der Waals surface area contributed by atoms with Gasteiger partial charge in [0.25, 0.3) is 11.8 Å². The van der Waals surface area contributed by atoms with Crippen molar-refractivity contribution < 1.29 is 22.7 Å². The second-order valence-corrected chi connectivity index (χ2v) is 12.8. The van der Waals surface area contributed by atoms with Crippen molar-refractivity contribution in [2.75, 3.05) is 47.9 Å². The van der Waals surface area contributed by atoms with Crippen molar-refractivity contribution in [3.05, 3.63) is 36.6 Å². The molecule has 7 rings (SSSR count). The van der Waals surface area contributed by atoms with Crippen LogP contribution < -0.4 is 15.1 Å². The topological polar surface area (TPSA) is 104 Å². The summed E-state index contributed by atoms with van der Waals surface area (Å²) in [6.07, 6.45) is 6.09. The van der Waals surface area contributed by atoms with Crippen LogP contribution in [0.2, 0.25) is 0 Å². The smallest absolute Gasteiger partial charge is 0.266 e. The highest BCUT2D eigenvalue weighted by Crippen LogP contribution is 2.54. The number of furan rings is 1. The molecule has 2 saturated heterocycles. The van der Waals surface area contributed by atoms with Crippen molar-refractivity contribution in [3.8, 4) is 23.0 Å². The first kappa shape index (κ1) is 27.1. The number of aliphatic hydroxyl groups is 1. The van der Waals surface area contributed by atoms with Crippen LogP contribution >= 0.6 is 0 Å². The maximum atomic E-state index is 13.9. The van der Waals surface area contributed by atoms with E-state index in [4.69, 9.17) is 13.8 Å². The lowest BCUT2D eigenvalue weighted by atomic mass is 9.93. The number of aromatic nitrogens is 3. The Morgan fingerprint density at radius 1 is 0.929 bits per heavy atom. The summed E-state index contributed by atoms with van der Waals surface area (Å²) in [5, 5.41) is 22.8. The summed E-state index contributed by atoms with van der Waals surface area (Å²) in [5.41, 5.74) is 3.82. The van der Waals surface area contributed by atoms with Crippen LogP contribution in [0.5, 0.6) is 0 Å². The predicted molar refractivity (Wildman–Crippen MR) is 157 cm³/mol. The number of hydrogen-bond donors (Lipinski definition) is 2. The van der Waals surface area contributed by atoms with Crippen molar-refractivity contribution in [1.29, 1.82) is 0 Å². The van der Waals surface area contributed by atoms with Gasteiger partial charge in [-0.25, -0.2) is 13.8 Å². The second kappa shape index (κ2) is 9.93. The fourth-order valence-electron chi connectivity index (χ4n) is 6.15. The van der Waals surface area contributed by atoms with Crippen LogP contribution in [0.3, 0.4) is 0 Å². The van der Waals surface area contributed by atoms with Gasteiger partial charge in [-0.2, -0.15) is 0 Å². The number of anilines is 3. The number of piperidine rings is 2. The van der Waals surface area contributed by atoms with Gasteiger partial charge in [-0.1, -0.05) is 0 Å². The van der Waals surface area contributed by atoms with Gasteiger partial charge >= 0.3 is 0 Å². The molecule has 42 heavy (non-hydrogen) atoms. The number of benzene rings is 1. The molecule has 3 aromatic heterocycles. The second-order valence-electron chi connectivity index (χ2n) is 12.8. The highest BCUT2D eigenvalue weighted by molar-refractivity contribution is 5.90. The lowest BCUT2D eigenvalue weighted by molar-refractivity contribution is -0.0221. The quantitative estimate of drug-likeness (QED) is 0.260. The van der Waals surface area contributed by atoms with Gasteiger partial charge in [-0.15, -0.1) is 10.2 Å².